The molecule has 1 aliphatic carbocycles. The summed E-state index contributed by atoms with van der Waals surface area (Å²) < 4.78 is 31.9. The average molecular weight is 320 g/mol. The third-order valence-electron chi connectivity index (χ3n) is 4.17. The molecule has 2 aromatic rings. The summed E-state index contributed by atoms with van der Waals surface area (Å²) in [5.74, 6) is 1.75. The van der Waals surface area contributed by atoms with E-state index >= 15 is 0 Å². The van der Waals surface area contributed by atoms with E-state index in [9.17, 15) is 8.42 Å². The molecule has 1 saturated carbocycles. The lowest BCUT2D eigenvalue weighted by atomic mass is 10.1. The van der Waals surface area contributed by atoms with Crippen LogP contribution in [0.25, 0.3) is 0 Å². The molecule has 0 unspecified atom stereocenters. The van der Waals surface area contributed by atoms with Crippen LogP contribution in [0.15, 0.2) is 33.9 Å². The Balaban J connectivity index is 1.52. The van der Waals surface area contributed by atoms with Gasteiger partial charge in [-0.2, -0.15) is 9.29 Å². The molecule has 0 bridgehead atoms. The van der Waals surface area contributed by atoms with Gasteiger partial charge in [0.15, 0.2) is 5.82 Å². The normalized spacial score (nSPS) is 23.0. The number of sulfonamides is 1. The van der Waals surface area contributed by atoms with Gasteiger partial charge in [0.2, 0.25) is 15.9 Å². The lowest BCUT2D eigenvalue weighted by molar-refractivity contribution is 0.350. The van der Waals surface area contributed by atoms with Crippen LogP contribution in [0.5, 0.6) is 0 Å². The van der Waals surface area contributed by atoms with Gasteiger partial charge in [-0.05, 0) is 31.4 Å². The minimum atomic E-state index is -3.50. The summed E-state index contributed by atoms with van der Waals surface area (Å²) in [4.78, 5) is 8.54. The van der Waals surface area contributed by atoms with E-state index in [0.29, 0.717) is 31.3 Å². The molecule has 7 nitrogen and oxygen atoms in total. The summed E-state index contributed by atoms with van der Waals surface area (Å²) in [5, 5.41) is 4.00. The first kappa shape index (κ1) is 13.8. The van der Waals surface area contributed by atoms with Gasteiger partial charge in [0.05, 0.1) is 5.92 Å². The quantitative estimate of drug-likeness (QED) is 0.848. The molecule has 8 heteroatoms. The van der Waals surface area contributed by atoms with Crippen LogP contribution in [0.3, 0.4) is 0 Å². The van der Waals surface area contributed by atoms with E-state index < -0.39 is 10.0 Å². The van der Waals surface area contributed by atoms with Crippen LogP contribution >= 0.6 is 0 Å². The Bertz CT molecular complexity index is 770. The largest absolute Gasteiger partial charge is 0.339 e. The first-order chi connectivity index (χ1) is 10.6. The maximum absolute atomic E-state index is 12.6. The lowest BCUT2D eigenvalue weighted by Gasteiger charge is -2.15. The molecular formula is C14H16N4O3S. The van der Waals surface area contributed by atoms with Gasteiger partial charge < -0.3 is 4.52 Å². The molecule has 2 aliphatic rings. The van der Waals surface area contributed by atoms with Crippen molar-refractivity contribution in [3.05, 3.63) is 36.2 Å². The van der Waals surface area contributed by atoms with Crippen LogP contribution < -0.4 is 0 Å². The van der Waals surface area contributed by atoms with Gasteiger partial charge >= 0.3 is 0 Å². The molecule has 0 N–H and O–H groups in total. The molecule has 3 heterocycles. The van der Waals surface area contributed by atoms with Crippen LogP contribution in [-0.2, 0) is 10.0 Å². The fourth-order valence-corrected chi connectivity index (χ4v) is 4.18. The fraction of sp³-hybridized carbons (Fsp3) is 0.500. The van der Waals surface area contributed by atoms with Crippen LogP contribution in [-0.4, -0.2) is 40.9 Å². The standard InChI is InChI=1S/C14H16N4O3S/c19-22(20,12-2-1-6-15-8-12)18-7-5-11(9-18)14-16-13(17-21-14)10-3-4-10/h1-2,6,8,10-11H,3-5,7,9H2/t11-/m1/s1. The van der Waals surface area contributed by atoms with Gasteiger partial charge in [0, 0.05) is 31.4 Å². The fourth-order valence-electron chi connectivity index (χ4n) is 2.72. The van der Waals surface area contributed by atoms with Crippen molar-refractivity contribution >= 4 is 10.0 Å². The van der Waals surface area contributed by atoms with Crippen LogP contribution in [0.4, 0.5) is 0 Å². The average Bonchev–Trinajstić information content (AvgIpc) is 3.06. The third-order valence-corrected chi connectivity index (χ3v) is 6.02. The zero-order chi connectivity index (χ0) is 15.2. The topological polar surface area (TPSA) is 89.2 Å². The van der Waals surface area contributed by atoms with Crippen molar-refractivity contribution in [2.75, 3.05) is 13.1 Å². The number of hydrogen-bond acceptors (Lipinski definition) is 6. The lowest BCUT2D eigenvalue weighted by Crippen LogP contribution is -2.28. The minimum absolute atomic E-state index is 0.0218. The number of aromatic nitrogens is 3. The van der Waals surface area contributed by atoms with Crippen LogP contribution in [0, 0.1) is 0 Å². The summed E-state index contributed by atoms with van der Waals surface area (Å²) in [6.07, 6.45) is 5.87. The van der Waals surface area contributed by atoms with Crippen LogP contribution in [0.2, 0.25) is 0 Å². The van der Waals surface area contributed by atoms with Crippen molar-refractivity contribution in [1.29, 1.82) is 0 Å². The summed E-state index contributed by atoms with van der Waals surface area (Å²) in [5.41, 5.74) is 0. The van der Waals surface area contributed by atoms with Crippen LogP contribution in [0.1, 0.15) is 42.8 Å². The van der Waals surface area contributed by atoms with Crippen molar-refractivity contribution < 1.29 is 12.9 Å². The smallest absolute Gasteiger partial charge is 0.244 e. The Morgan fingerprint density at radius 2 is 2.09 bits per heavy atom. The van der Waals surface area contributed by atoms with Gasteiger partial charge in [-0.3, -0.25) is 4.98 Å². The van der Waals surface area contributed by atoms with E-state index in [-0.39, 0.29) is 10.8 Å². The Hall–Kier alpha value is -1.80. The van der Waals surface area contributed by atoms with Gasteiger partial charge in [0.1, 0.15) is 4.90 Å². The highest BCUT2D eigenvalue weighted by Gasteiger charge is 2.37. The highest BCUT2D eigenvalue weighted by atomic mass is 32.2. The van der Waals surface area contributed by atoms with E-state index in [1.807, 2.05) is 0 Å². The molecule has 4 rings (SSSR count). The van der Waals surface area contributed by atoms with E-state index in [2.05, 4.69) is 15.1 Å². The summed E-state index contributed by atoms with van der Waals surface area (Å²) in [6, 6.07) is 3.19. The highest BCUT2D eigenvalue weighted by molar-refractivity contribution is 7.89. The summed E-state index contributed by atoms with van der Waals surface area (Å²) in [6.45, 7) is 0.840. The molecule has 1 atom stereocenters. The van der Waals surface area contributed by atoms with Crippen molar-refractivity contribution in [3.8, 4) is 0 Å². The molecule has 0 amide bonds. The van der Waals surface area contributed by atoms with E-state index in [1.165, 1.54) is 10.5 Å². The molecule has 1 saturated heterocycles. The predicted octanol–water partition coefficient (Wildman–Crippen LogP) is 1.52. The molecule has 0 radical (unpaired) electrons. The second-order valence-corrected chi connectivity index (χ2v) is 7.74. The first-order valence-corrected chi connectivity index (χ1v) is 8.82. The number of nitrogens with zero attached hydrogens (tertiary/aromatic N) is 4. The van der Waals surface area contributed by atoms with E-state index in [1.54, 1.807) is 18.3 Å². The third kappa shape index (κ3) is 2.42. The van der Waals surface area contributed by atoms with Crippen molar-refractivity contribution in [3.63, 3.8) is 0 Å². The SMILES string of the molecule is O=S(=O)(c1cccnc1)N1CC[C@@H](c2nc(C3CC3)no2)C1. The van der Waals surface area contributed by atoms with Crippen molar-refractivity contribution in [1.82, 2.24) is 19.4 Å². The second kappa shape index (κ2) is 5.13. The number of hydrogen-bond donors (Lipinski definition) is 0. The Morgan fingerprint density at radius 3 is 2.82 bits per heavy atom. The maximum Gasteiger partial charge on any atom is 0.244 e. The molecule has 116 valence electrons. The molecular weight excluding hydrogens is 304 g/mol. The van der Waals surface area contributed by atoms with E-state index in [0.717, 1.165) is 18.7 Å². The van der Waals surface area contributed by atoms with Gasteiger partial charge in [-0.15, -0.1) is 0 Å². The predicted molar refractivity (Wildman–Crippen MR) is 76.6 cm³/mol. The second-order valence-electron chi connectivity index (χ2n) is 5.80. The molecule has 2 aromatic heterocycles. The Labute approximate surface area is 128 Å². The molecule has 22 heavy (non-hydrogen) atoms. The molecule has 1 aliphatic heterocycles. The van der Waals surface area contributed by atoms with E-state index in [4.69, 9.17) is 4.52 Å². The Morgan fingerprint density at radius 1 is 1.23 bits per heavy atom. The highest BCUT2D eigenvalue weighted by Crippen LogP contribution is 2.39. The maximum atomic E-state index is 12.6. The summed E-state index contributed by atoms with van der Waals surface area (Å²) in [7, 11) is -3.50. The number of pyridine rings is 1. The zero-order valence-electron chi connectivity index (χ0n) is 11.9. The molecule has 0 spiro atoms. The molecule has 2 fully saturated rings. The molecule has 0 aromatic carbocycles. The summed E-state index contributed by atoms with van der Waals surface area (Å²) >= 11 is 0. The van der Waals surface area contributed by atoms with Gasteiger partial charge in [-0.1, -0.05) is 5.16 Å². The van der Waals surface area contributed by atoms with Gasteiger partial charge in [-0.25, -0.2) is 8.42 Å². The van der Waals surface area contributed by atoms with Gasteiger partial charge in [0.25, 0.3) is 0 Å². The van der Waals surface area contributed by atoms with Crippen molar-refractivity contribution in [2.24, 2.45) is 0 Å². The first-order valence-electron chi connectivity index (χ1n) is 7.38. The minimum Gasteiger partial charge on any atom is -0.339 e. The monoisotopic (exact) mass is 320 g/mol. The zero-order valence-corrected chi connectivity index (χ0v) is 12.7. The number of rotatable bonds is 4. The Kier molecular flexibility index (Phi) is 3.23. The van der Waals surface area contributed by atoms with Crippen molar-refractivity contribution in [2.45, 2.75) is 36.0 Å².